The average Bonchev–Trinajstić information content (AvgIpc) is 2.87. The monoisotopic (exact) mass is 289 g/mol. The molecule has 0 bridgehead atoms. The third-order valence-electron chi connectivity index (χ3n) is 3.61. The van der Waals surface area contributed by atoms with Gasteiger partial charge in [-0.15, -0.1) is 11.3 Å². The number of ether oxygens (including phenoxy) is 1. The Bertz CT molecular complexity index is 601. The first kappa shape index (κ1) is 14.6. The fraction of sp³-hybridized carbons (Fsp3) is 0.312. The molecule has 2 aromatic rings. The van der Waals surface area contributed by atoms with Crippen LogP contribution in [0.1, 0.15) is 42.1 Å². The van der Waals surface area contributed by atoms with Crippen molar-refractivity contribution in [1.82, 2.24) is 0 Å². The molecule has 1 heterocycles. The van der Waals surface area contributed by atoms with Gasteiger partial charge in [0.25, 0.3) is 0 Å². The largest absolute Gasteiger partial charge is 0.465 e. The van der Waals surface area contributed by atoms with Crippen molar-refractivity contribution in [3.63, 3.8) is 0 Å². The quantitative estimate of drug-likeness (QED) is 0.854. The summed E-state index contributed by atoms with van der Waals surface area (Å²) in [5.74, 6) is 0.154. The highest BCUT2D eigenvalue weighted by molar-refractivity contribution is 7.14. The summed E-state index contributed by atoms with van der Waals surface area (Å²) in [5.41, 5.74) is 9.48. The zero-order valence-corrected chi connectivity index (χ0v) is 12.8. The number of esters is 1. The van der Waals surface area contributed by atoms with Crippen molar-refractivity contribution in [3.05, 3.63) is 40.8 Å². The van der Waals surface area contributed by atoms with Crippen LogP contribution >= 0.6 is 11.3 Å². The average molecular weight is 289 g/mol. The molecule has 0 saturated carbocycles. The van der Waals surface area contributed by atoms with Crippen LogP contribution in [0.25, 0.3) is 11.1 Å². The Morgan fingerprint density at radius 2 is 2.00 bits per heavy atom. The molecule has 2 N–H and O–H groups in total. The number of hydrogen-bond acceptors (Lipinski definition) is 4. The number of nitrogen functional groups attached to an aromatic ring is 1. The van der Waals surface area contributed by atoms with E-state index < -0.39 is 0 Å². The Morgan fingerprint density at radius 3 is 2.55 bits per heavy atom. The van der Waals surface area contributed by atoms with Gasteiger partial charge in [0.15, 0.2) is 0 Å². The fourth-order valence-corrected chi connectivity index (χ4v) is 2.93. The number of nitrogens with two attached hydrogens (primary N) is 1. The van der Waals surface area contributed by atoms with Crippen molar-refractivity contribution >= 4 is 22.3 Å². The van der Waals surface area contributed by atoms with Gasteiger partial charge in [-0.05, 0) is 23.5 Å². The minimum absolute atomic E-state index is 0.384. The molecule has 2 rings (SSSR count). The Hall–Kier alpha value is -1.81. The van der Waals surface area contributed by atoms with Crippen LogP contribution < -0.4 is 5.73 Å². The summed E-state index contributed by atoms with van der Waals surface area (Å²) >= 11 is 1.36. The minimum atomic E-state index is -0.384. The van der Waals surface area contributed by atoms with Crippen molar-refractivity contribution in [1.29, 1.82) is 0 Å². The topological polar surface area (TPSA) is 52.3 Å². The molecule has 0 aliphatic heterocycles. The van der Waals surface area contributed by atoms with E-state index in [4.69, 9.17) is 10.5 Å². The molecule has 0 radical (unpaired) electrons. The second-order valence-electron chi connectivity index (χ2n) is 4.81. The number of methoxy groups -OCH3 is 1. The highest BCUT2D eigenvalue weighted by atomic mass is 32.1. The Balaban J connectivity index is 2.40. The standard InChI is InChI=1S/C16H19NO2S/c1-4-10(2)11-5-7-12(8-6-11)13-9-20-15(17)14(13)16(18)19-3/h5-10H,4,17H2,1-3H3/t10-/m1/s1. The lowest BCUT2D eigenvalue weighted by Crippen LogP contribution is -2.04. The van der Waals surface area contributed by atoms with Gasteiger partial charge >= 0.3 is 5.97 Å². The van der Waals surface area contributed by atoms with E-state index in [9.17, 15) is 4.79 Å². The second kappa shape index (κ2) is 6.09. The molecule has 4 heteroatoms. The Morgan fingerprint density at radius 1 is 1.35 bits per heavy atom. The molecule has 0 spiro atoms. The van der Waals surface area contributed by atoms with Gasteiger partial charge in [-0.2, -0.15) is 0 Å². The van der Waals surface area contributed by atoms with Crippen LogP contribution in [0.2, 0.25) is 0 Å². The molecular formula is C16H19NO2S. The van der Waals surface area contributed by atoms with E-state index in [-0.39, 0.29) is 5.97 Å². The highest BCUT2D eigenvalue weighted by Gasteiger charge is 2.19. The third-order valence-corrected chi connectivity index (χ3v) is 4.42. The van der Waals surface area contributed by atoms with Crippen molar-refractivity contribution < 1.29 is 9.53 Å². The summed E-state index contributed by atoms with van der Waals surface area (Å²) < 4.78 is 4.80. The molecule has 1 aromatic carbocycles. The lowest BCUT2D eigenvalue weighted by Gasteiger charge is -2.10. The van der Waals surface area contributed by atoms with Crippen LogP contribution in [0.4, 0.5) is 5.00 Å². The maximum absolute atomic E-state index is 11.8. The van der Waals surface area contributed by atoms with Crippen LogP contribution in [-0.2, 0) is 4.74 Å². The van der Waals surface area contributed by atoms with E-state index in [1.54, 1.807) is 0 Å². The van der Waals surface area contributed by atoms with Crippen molar-refractivity contribution in [3.8, 4) is 11.1 Å². The number of rotatable bonds is 4. The Kier molecular flexibility index (Phi) is 4.45. The summed E-state index contributed by atoms with van der Waals surface area (Å²) in [7, 11) is 1.37. The zero-order chi connectivity index (χ0) is 14.7. The minimum Gasteiger partial charge on any atom is -0.465 e. The fourth-order valence-electron chi connectivity index (χ4n) is 2.12. The third kappa shape index (κ3) is 2.70. The second-order valence-corrected chi connectivity index (χ2v) is 5.72. The Labute approximate surface area is 123 Å². The molecule has 0 fully saturated rings. The molecular weight excluding hydrogens is 270 g/mol. The summed E-state index contributed by atoms with van der Waals surface area (Å²) in [6.45, 7) is 4.38. The molecule has 3 nitrogen and oxygen atoms in total. The molecule has 0 saturated heterocycles. The smallest absolute Gasteiger partial charge is 0.341 e. The molecule has 0 amide bonds. The van der Waals surface area contributed by atoms with Gasteiger partial charge in [0.05, 0.1) is 7.11 Å². The van der Waals surface area contributed by atoms with Gasteiger partial charge in [0, 0.05) is 10.9 Å². The van der Waals surface area contributed by atoms with Crippen molar-refractivity contribution in [2.45, 2.75) is 26.2 Å². The molecule has 1 aromatic heterocycles. The lowest BCUT2D eigenvalue weighted by molar-refractivity contribution is 0.0603. The van der Waals surface area contributed by atoms with Crippen LogP contribution in [0, 0.1) is 0 Å². The predicted molar refractivity (Wildman–Crippen MR) is 84.2 cm³/mol. The number of thiophene rings is 1. The molecule has 20 heavy (non-hydrogen) atoms. The van der Waals surface area contributed by atoms with Gasteiger partial charge in [-0.3, -0.25) is 0 Å². The summed E-state index contributed by atoms with van der Waals surface area (Å²) in [6, 6.07) is 8.29. The van der Waals surface area contributed by atoms with Gasteiger partial charge in [-0.1, -0.05) is 38.1 Å². The van der Waals surface area contributed by atoms with Crippen molar-refractivity contribution in [2.75, 3.05) is 12.8 Å². The molecule has 0 unspecified atom stereocenters. The molecule has 1 atom stereocenters. The molecule has 0 aliphatic rings. The van der Waals surface area contributed by atoms with E-state index in [0.29, 0.717) is 16.5 Å². The van der Waals surface area contributed by atoms with E-state index >= 15 is 0 Å². The number of benzene rings is 1. The van der Waals surface area contributed by atoms with Gasteiger partial charge in [0.2, 0.25) is 0 Å². The first-order valence-corrected chi connectivity index (χ1v) is 7.52. The maximum atomic E-state index is 11.8. The first-order chi connectivity index (χ1) is 9.58. The normalized spacial score (nSPS) is 12.2. The number of hydrogen-bond donors (Lipinski definition) is 1. The van der Waals surface area contributed by atoms with Gasteiger partial charge in [-0.25, -0.2) is 4.79 Å². The molecule has 0 aliphatic carbocycles. The zero-order valence-electron chi connectivity index (χ0n) is 12.0. The van der Waals surface area contributed by atoms with E-state index in [1.165, 1.54) is 24.0 Å². The highest BCUT2D eigenvalue weighted by Crippen LogP contribution is 2.34. The van der Waals surface area contributed by atoms with E-state index in [0.717, 1.165) is 17.5 Å². The van der Waals surface area contributed by atoms with Crippen LogP contribution in [0.5, 0.6) is 0 Å². The summed E-state index contributed by atoms with van der Waals surface area (Å²) in [5, 5.41) is 2.40. The first-order valence-electron chi connectivity index (χ1n) is 6.64. The maximum Gasteiger partial charge on any atom is 0.341 e. The summed E-state index contributed by atoms with van der Waals surface area (Å²) in [6.07, 6.45) is 1.11. The molecule has 106 valence electrons. The van der Waals surface area contributed by atoms with E-state index in [1.807, 2.05) is 17.5 Å². The predicted octanol–water partition coefficient (Wildman–Crippen LogP) is 4.30. The van der Waals surface area contributed by atoms with Crippen LogP contribution in [0.3, 0.4) is 0 Å². The van der Waals surface area contributed by atoms with Crippen molar-refractivity contribution in [2.24, 2.45) is 0 Å². The number of carbonyl (C=O) groups is 1. The summed E-state index contributed by atoms with van der Waals surface area (Å²) in [4.78, 5) is 11.8. The van der Waals surface area contributed by atoms with Crippen LogP contribution in [-0.4, -0.2) is 13.1 Å². The van der Waals surface area contributed by atoms with Crippen LogP contribution in [0.15, 0.2) is 29.6 Å². The SMILES string of the molecule is CC[C@@H](C)c1ccc(-c2csc(N)c2C(=O)OC)cc1. The van der Waals surface area contributed by atoms with Gasteiger partial charge < -0.3 is 10.5 Å². The van der Waals surface area contributed by atoms with E-state index in [2.05, 4.69) is 26.0 Å². The van der Waals surface area contributed by atoms with Gasteiger partial charge in [0.1, 0.15) is 10.6 Å². The lowest BCUT2D eigenvalue weighted by atomic mass is 9.95. The number of anilines is 1. The number of carbonyl (C=O) groups excluding carboxylic acids is 1.